The third-order valence-corrected chi connectivity index (χ3v) is 4.25. The lowest BCUT2D eigenvalue weighted by molar-refractivity contribution is 0.861. The minimum absolute atomic E-state index is 0.713. The summed E-state index contributed by atoms with van der Waals surface area (Å²) < 4.78 is 1.70. The van der Waals surface area contributed by atoms with Crippen LogP contribution in [0.25, 0.3) is 16.9 Å². The molecule has 7 heteroatoms. The monoisotopic (exact) mass is 350 g/mol. The van der Waals surface area contributed by atoms with Crippen LogP contribution in [0.5, 0.6) is 0 Å². The maximum Gasteiger partial charge on any atom is 0.170 e. The molecule has 0 saturated heterocycles. The van der Waals surface area contributed by atoms with E-state index in [-0.39, 0.29) is 0 Å². The van der Waals surface area contributed by atoms with Crippen molar-refractivity contribution in [1.82, 2.24) is 24.7 Å². The first kappa shape index (κ1) is 15.5. The standard InChI is InChI=1S/C18H15ClN6/c19-15-6-2-1-5-13(15)8-10-21-17-14-11-24-25(18(14)23-12-22-17)16-7-3-4-9-20-16/h1-7,9,11-12H,8,10H2,(H,21,22,23). The summed E-state index contributed by atoms with van der Waals surface area (Å²) in [6.45, 7) is 0.713. The smallest absolute Gasteiger partial charge is 0.170 e. The van der Waals surface area contributed by atoms with E-state index in [4.69, 9.17) is 11.6 Å². The van der Waals surface area contributed by atoms with E-state index in [0.717, 1.165) is 34.0 Å². The second-order valence-corrected chi connectivity index (χ2v) is 5.88. The van der Waals surface area contributed by atoms with Gasteiger partial charge in [-0.15, -0.1) is 0 Å². The van der Waals surface area contributed by atoms with Crippen LogP contribution in [-0.4, -0.2) is 31.3 Å². The Labute approximate surface area is 149 Å². The van der Waals surface area contributed by atoms with Gasteiger partial charge in [0.15, 0.2) is 11.5 Å². The zero-order valence-electron chi connectivity index (χ0n) is 13.3. The molecule has 0 aliphatic rings. The van der Waals surface area contributed by atoms with Crippen molar-refractivity contribution in [1.29, 1.82) is 0 Å². The number of halogens is 1. The fourth-order valence-corrected chi connectivity index (χ4v) is 2.88. The van der Waals surface area contributed by atoms with Gasteiger partial charge in [-0.2, -0.15) is 9.78 Å². The maximum absolute atomic E-state index is 6.20. The molecule has 0 fully saturated rings. The molecule has 25 heavy (non-hydrogen) atoms. The highest BCUT2D eigenvalue weighted by molar-refractivity contribution is 6.31. The van der Waals surface area contributed by atoms with Crippen molar-refractivity contribution in [3.63, 3.8) is 0 Å². The highest BCUT2D eigenvalue weighted by atomic mass is 35.5. The average molecular weight is 351 g/mol. The molecule has 0 aliphatic heterocycles. The van der Waals surface area contributed by atoms with Gasteiger partial charge >= 0.3 is 0 Å². The van der Waals surface area contributed by atoms with E-state index in [9.17, 15) is 0 Å². The molecular formula is C18H15ClN6. The van der Waals surface area contributed by atoms with E-state index in [1.54, 1.807) is 17.1 Å². The van der Waals surface area contributed by atoms with Gasteiger partial charge in [0.1, 0.15) is 12.1 Å². The molecule has 124 valence electrons. The molecule has 0 unspecified atom stereocenters. The minimum atomic E-state index is 0.713. The van der Waals surface area contributed by atoms with Crippen molar-refractivity contribution in [2.24, 2.45) is 0 Å². The average Bonchev–Trinajstić information content (AvgIpc) is 3.09. The van der Waals surface area contributed by atoms with Crippen LogP contribution in [0, 0.1) is 0 Å². The van der Waals surface area contributed by atoms with Crippen molar-refractivity contribution in [2.75, 3.05) is 11.9 Å². The van der Waals surface area contributed by atoms with E-state index in [1.165, 1.54) is 6.33 Å². The first-order chi connectivity index (χ1) is 12.3. The van der Waals surface area contributed by atoms with Crippen LogP contribution in [0.2, 0.25) is 5.02 Å². The number of nitrogens with one attached hydrogen (secondary N) is 1. The van der Waals surface area contributed by atoms with Crippen LogP contribution in [0.15, 0.2) is 61.2 Å². The summed E-state index contributed by atoms with van der Waals surface area (Å²) in [6.07, 6.45) is 5.81. The van der Waals surface area contributed by atoms with E-state index < -0.39 is 0 Å². The second-order valence-electron chi connectivity index (χ2n) is 5.47. The van der Waals surface area contributed by atoms with Crippen LogP contribution in [0.1, 0.15) is 5.56 Å². The molecule has 0 saturated carbocycles. The number of pyridine rings is 1. The maximum atomic E-state index is 6.20. The van der Waals surface area contributed by atoms with Crippen molar-refractivity contribution in [3.05, 3.63) is 71.8 Å². The van der Waals surface area contributed by atoms with E-state index in [2.05, 4.69) is 25.4 Å². The van der Waals surface area contributed by atoms with Gasteiger partial charge < -0.3 is 5.32 Å². The van der Waals surface area contributed by atoms with Crippen LogP contribution in [-0.2, 0) is 6.42 Å². The lowest BCUT2D eigenvalue weighted by Crippen LogP contribution is -2.07. The molecular weight excluding hydrogens is 336 g/mol. The van der Waals surface area contributed by atoms with Gasteiger partial charge in [0.25, 0.3) is 0 Å². The summed E-state index contributed by atoms with van der Waals surface area (Å²) in [5, 5.41) is 9.37. The van der Waals surface area contributed by atoms with Crippen molar-refractivity contribution in [2.45, 2.75) is 6.42 Å². The summed E-state index contributed by atoms with van der Waals surface area (Å²) >= 11 is 6.20. The normalized spacial score (nSPS) is 10.9. The lowest BCUT2D eigenvalue weighted by Gasteiger charge is -2.08. The van der Waals surface area contributed by atoms with Crippen LogP contribution in [0.4, 0.5) is 5.82 Å². The Bertz CT molecular complexity index is 999. The third-order valence-electron chi connectivity index (χ3n) is 3.88. The molecule has 3 aromatic heterocycles. The van der Waals surface area contributed by atoms with Gasteiger partial charge in [0, 0.05) is 17.8 Å². The Balaban J connectivity index is 1.57. The Morgan fingerprint density at radius 3 is 2.72 bits per heavy atom. The van der Waals surface area contributed by atoms with E-state index in [1.807, 2.05) is 42.5 Å². The summed E-state index contributed by atoms with van der Waals surface area (Å²) in [5.41, 5.74) is 1.82. The quantitative estimate of drug-likeness (QED) is 0.596. The summed E-state index contributed by atoms with van der Waals surface area (Å²) in [5.74, 6) is 1.47. The Kier molecular flexibility index (Phi) is 4.26. The largest absolute Gasteiger partial charge is 0.369 e. The number of hydrogen-bond acceptors (Lipinski definition) is 5. The number of anilines is 1. The molecule has 0 aliphatic carbocycles. The van der Waals surface area contributed by atoms with Crippen LogP contribution >= 0.6 is 11.6 Å². The first-order valence-corrected chi connectivity index (χ1v) is 8.28. The zero-order chi connectivity index (χ0) is 17.1. The van der Waals surface area contributed by atoms with Gasteiger partial charge in [0.2, 0.25) is 0 Å². The lowest BCUT2D eigenvalue weighted by atomic mass is 10.1. The number of hydrogen-bond donors (Lipinski definition) is 1. The first-order valence-electron chi connectivity index (χ1n) is 7.90. The molecule has 0 amide bonds. The van der Waals surface area contributed by atoms with Gasteiger partial charge in [0.05, 0.1) is 11.6 Å². The van der Waals surface area contributed by atoms with Crippen molar-refractivity contribution < 1.29 is 0 Å². The molecule has 0 radical (unpaired) electrons. The van der Waals surface area contributed by atoms with E-state index >= 15 is 0 Å². The van der Waals surface area contributed by atoms with Gasteiger partial charge in [-0.05, 0) is 30.2 Å². The van der Waals surface area contributed by atoms with Crippen molar-refractivity contribution in [3.8, 4) is 5.82 Å². The number of nitrogens with zero attached hydrogens (tertiary/aromatic N) is 5. The minimum Gasteiger partial charge on any atom is -0.369 e. The summed E-state index contributed by atoms with van der Waals surface area (Å²) in [4.78, 5) is 13.0. The van der Waals surface area contributed by atoms with Crippen LogP contribution in [0.3, 0.4) is 0 Å². The van der Waals surface area contributed by atoms with Gasteiger partial charge in [-0.3, -0.25) is 0 Å². The van der Waals surface area contributed by atoms with Gasteiger partial charge in [-0.1, -0.05) is 35.9 Å². The predicted octanol–water partition coefficient (Wildman–Crippen LogP) is 3.52. The highest BCUT2D eigenvalue weighted by Crippen LogP contribution is 2.21. The summed E-state index contributed by atoms with van der Waals surface area (Å²) in [7, 11) is 0. The Morgan fingerprint density at radius 2 is 1.88 bits per heavy atom. The fraction of sp³-hybridized carbons (Fsp3) is 0.111. The van der Waals surface area contributed by atoms with Gasteiger partial charge in [-0.25, -0.2) is 15.0 Å². The van der Waals surface area contributed by atoms with Crippen LogP contribution < -0.4 is 5.32 Å². The van der Waals surface area contributed by atoms with Crippen molar-refractivity contribution >= 4 is 28.5 Å². The third kappa shape index (κ3) is 3.16. The number of rotatable bonds is 5. The number of fused-ring (bicyclic) bond motifs is 1. The zero-order valence-corrected chi connectivity index (χ0v) is 14.1. The topological polar surface area (TPSA) is 68.5 Å². The molecule has 1 N–H and O–H groups in total. The molecule has 3 heterocycles. The number of aromatic nitrogens is 5. The highest BCUT2D eigenvalue weighted by Gasteiger charge is 2.11. The molecule has 4 rings (SSSR count). The Hall–Kier alpha value is -2.99. The molecule has 0 atom stereocenters. The predicted molar refractivity (Wildman–Crippen MR) is 98.1 cm³/mol. The molecule has 1 aromatic carbocycles. The Morgan fingerprint density at radius 1 is 1.00 bits per heavy atom. The second kappa shape index (κ2) is 6.86. The van der Waals surface area contributed by atoms with E-state index in [0.29, 0.717) is 12.2 Å². The SMILES string of the molecule is Clc1ccccc1CCNc1ncnc2c1cnn2-c1ccccn1. The molecule has 4 aromatic rings. The molecule has 0 spiro atoms. The summed E-state index contributed by atoms with van der Waals surface area (Å²) in [6, 6.07) is 13.5. The fourth-order valence-electron chi connectivity index (χ4n) is 2.65. The number of benzene rings is 1. The molecule has 0 bridgehead atoms. The molecule has 6 nitrogen and oxygen atoms in total.